The monoisotopic (exact) mass is 208 g/mol. The van der Waals surface area contributed by atoms with Crippen LogP contribution in [0.5, 0.6) is 0 Å². The fourth-order valence-corrected chi connectivity index (χ4v) is 2.01. The lowest BCUT2D eigenvalue weighted by atomic mass is 9.94. The Morgan fingerprint density at radius 2 is 2.20 bits per heavy atom. The Bertz CT molecular complexity index is 278. The average Bonchev–Trinajstić information content (AvgIpc) is 2.61. The zero-order valence-electron chi connectivity index (χ0n) is 9.84. The largest absolute Gasteiger partial charge is 0.354 e. The van der Waals surface area contributed by atoms with Gasteiger partial charge in [-0.3, -0.25) is 4.79 Å². The number of hydrogen-bond donors (Lipinski definition) is 1. The fraction of sp³-hybridized carbons (Fsp3) is 0.833. The van der Waals surface area contributed by atoms with E-state index in [-0.39, 0.29) is 11.8 Å². The molecule has 0 bridgehead atoms. The van der Waals surface area contributed by atoms with Gasteiger partial charge in [-0.2, -0.15) is 5.26 Å². The van der Waals surface area contributed by atoms with Crippen LogP contribution in [0.2, 0.25) is 0 Å². The normalized spacial score (nSPS) is 26.0. The Morgan fingerprint density at radius 3 is 2.67 bits per heavy atom. The topological polar surface area (TPSA) is 52.9 Å². The molecule has 1 amide bonds. The molecule has 0 aliphatic heterocycles. The van der Waals surface area contributed by atoms with E-state index in [1.807, 2.05) is 13.8 Å². The maximum absolute atomic E-state index is 11.8. The minimum Gasteiger partial charge on any atom is -0.354 e. The van der Waals surface area contributed by atoms with Crippen molar-refractivity contribution >= 4 is 5.91 Å². The second-order valence-corrected chi connectivity index (χ2v) is 5.23. The van der Waals surface area contributed by atoms with Crippen LogP contribution in [0.25, 0.3) is 0 Å². The SMILES string of the molecule is CC1CCCC1C(=O)NCC(C)(C)C#N. The minimum absolute atomic E-state index is 0.128. The van der Waals surface area contributed by atoms with Crippen molar-refractivity contribution in [2.45, 2.75) is 40.0 Å². The number of carbonyl (C=O) groups excluding carboxylic acids is 1. The molecule has 0 aromatic carbocycles. The summed E-state index contributed by atoms with van der Waals surface area (Å²) in [6.07, 6.45) is 3.31. The van der Waals surface area contributed by atoms with Crippen LogP contribution in [0.4, 0.5) is 0 Å². The summed E-state index contributed by atoms with van der Waals surface area (Å²) < 4.78 is 0. The highest BCUT2D eigenvalue weighted by Gasteiger charge is 2.30. The Morgan fingerprint density at radius 1 is 1.53 bits per heavy atom. The molecule has 1 saturated carbocycles. The Kier molecular flexibility index (Phi) is 3.73. The lowest BCUT2D eigenvalue weighted by Crippen LogP contribution is -2.37. The van der Waals surface area contributed by atoms with Gasteiger partial charge in [0.2, 0.25) is 5.91 Å². The Hall–Kier alpha value is -1.04. The van der Waals surface area contributed by atoms with Gasteiger partial charge < -0.3 is 5.32 Å². The molecule has 2 unspecified atom stereocenters. The summed E-state index contributed by atoms with van der Waals surface area (Å²) >= 11 is 0. The van der Waals surface area contributed by atoms with E-state index in [4.69, 9.17) is 5.26 Å². The predicted octanol–water partition coefficient (Wildman–Crippen LogP) is 2.09. The number of amides is 1. The van der Waals surface area contributed by atoms with Crippen molar-refractivity contribution < 1.29 is 4.79 Å². The van der Waals surface area contributed by atoms with Gasteiger partial charge in [-0.05, 0) is 32.6 Å². The molecule has 15 heavy (non-hydrogen) atoms. The molecular formula is C12H20N2O. The molecular weight excluding hydrogens is 188 g/mol. The van der Waals surface area contributed by atoms with Crippen molar-refractivity contribution in [3.05, 3.63) is 0 Å². The first-order chi connectivity index (χ1) is 6.96. The maximum Gasteiger partial charge on any atom is 0.223 e. The van der Waals surface area contributed by atoms with Crippen LogP contribution in [0.1, 0.15) is 40.0 Å². The van der Waals surface area contributed by atoms with E-state index < -0.39 is 5.41 Å². The average molecular weight is 208 g/mol. The van der Waals surface area contributed by atoms with E-state index in [2.05, 4.69) is 18.3 Å². The van der Waals surface area contributed by atoms with E-state index in [0.29, 0.717) is 12.5 Å². The second kappa shape index (κ2) is 4.65. The summed E-state index contributed by atoms with van der Waals surface area (Å²) in [5, 5.41) is 11.7. The number of carbonyl (C=O) groups is 1. The maximum atomic E-state index is 11.8. The number of hydrogen-bond acceptors (Lipinski definition) is 2. The first kappa shape index (κ1) is 12.0. The summed E-state index contributed by atoms with van der Waals surface area (Å²) in [5.74, 6) is 0.790. The molecule has 0 heterocycles. The van der Waals surface area contributed by atoms with Crippen LogP contribution in [-0.4, -0.2) is 12.5 Å². The van der Waals surface area contributed by atoms with Crippen molar-refractivity contribution in [3.63, 3.8) is 0 Å². The van der Waals surface area contributed by atoms with Gasteiger partial charge in [0.15, 0.2) is 0 Å². The number of nitriles is 1. The summed E-state index contributed by atoms with van der Waals surface area (Å²) in [6.45, 7) is 6.26. The van der Waals surface area contributed by atoms with Gasteiger partial charge in [-0.25, -0.2) is 0 Å². The predicted molar refractivity (Wildman–Crippen MR) is 58.9 cm³/mol. The van der Waals surface area contributed by atoms with E-state index in [1.165, 1.54) is 0 Å². The zero-order chi connectivity index (χ0) is 11.5. The molecule has 1 aliphatic carbocycles. The Labute approximate surface area is 91.9 Å². The highest BCUT2D eigenvalue weighted by molar-refractivity contribution is 5.79. The zero-order valence-corrected chi connectivity index (χ0v) is 9.84. The van der Waals surface area contributed by atoms with Gasteiger partial charge in [-0.15, -0.1) is 0 Å². The van der Waals surface area contributed by atoms with Crippen molar-refractivity contribution in [2.75, 3.05) is 6.54 Å². The van der Waals surface area contributed by atoms with Gasteiger partial charge in [0.1, 0.15) is 0 Å². The van der Waals surface area contributed by atoms with E-state index >= 15 is 0 Å². The van der Waals surface area contributed by atoms with Crippen molar-refractivity contribution in [1.82, 2.24) is 5.32 Å². The van der Waals surface area contributed by atoms with E-state index in [0.717, 1.165) is 19.3 Å². The smallest absolute Gasteiger partial charge is 0.223 e. The molecule has 0 aromatic heterocycles. The fourth-order valence-electron chi connectivity index (χ4n) is 2.01. The molecule has 1 aliphatic rings. The lowest BCUT2D eigenvalue weighted by Gasteiger charge is -2.19. The summed E-state index contributed by atoms with van der Waals surface area (Å²) in [4.78, 5) is 11.8. The van der Waals surface area contributed by atoms with E-state index in [9.17, 15) is 4.79 Å². The van der Waals surface area contributed by atoms with Gasteiger partial charge >= 0.3 is 0 Å². The van der Waals surface area contributed by atoms with Crippen LogP contribution >= 0.6 is 0 Å². The lowest BCUT2D eigenvalue weighted by molar-refractivity contribution is -0.126. The number of nitrogens with zero attached hydrogens (tertiary/aromatic N) is 1. The quantitative estimate of drug-likeness (QED) is 0.772. The highest BCUT2D eigenvalue weighted by Crippen LogP contribution is 2.31. The molecule has 3 nitrogen and oxygen atoms in total. The molecule has 3 heteroatoms. The molecule has 0 aromatic rings. The van der Waals surface area contributed by atoms with Gasteiger partial charge in [0.25, 0.3) is 0 Å². The van der Waals surface area contributed by atoms with Crippen LogP contribution in [0.15, 0.2) is 0 Å². The molecule has 0 saturated heterocycles. The second-order valence-electron chi connectivity index (χ2n) is 5.23. The first-order valence-corrected chi connectivity index (χ1v) is 5.65. The Balaban J connectivity index is 2.40. The molecule has 0 radical (unpaired) electrons. The van der Waals surface area contributed by atoms with Gasteiger partial charge in [-0.1, -0.05) is 13.3 Å². The summed E-state index contributed by atoms with van der Waals surface area (Å²) in [5.41, 5.74) is -0.461. The van der Waals surface area contributed by atoms with Crippen LogP contribution in [0.3, 0.4) is 0 Å². The third-order valence-corrected chi connectivity index (χ3v) is 3.21. The molecule has 0 spiro atoms. The standard InChI is InChI=1S/C12H20N2O/c1-9-5-4-6-10(9)11(15)14-8-12(2,3)7-13/h9-10H,4-6,8H2,1-3H3,(H,14,15). The highest BCUT2D eigenvalue weighted by atomic mass is 16.1. The molecule has 1 N–H and O–H groups in total. The molecule has 2 atom stereocenters. The van der Waals surface area contributed by atoms with Crippen LogP contribution < -0.4 is 5.32 Å². The summed E-state index contributed by atoms with van der Waals surface area (Å²) in [7, 11) is 0. The van der Waals surface area contributed by atoms with Crippen LogP contribution in [0, 0.1) is 28.6 Å². The van der Waals surface area contributed by atoms with Crippen molar-refractivity contribution in [1.29, 1.82) is 5.26 Å². The van der Waals surface area contributed by atoms with E-state index in [1.54, 1.807) is 0 Å². The molecule has 1 rings (SSSR count). The molecule has 84 valence electrons. The molecule has 1 fully saturated rings. The van der Waals surface area contributed by atoms with Crippen molar-refractivity contribution in [3.8, 4) is 6.07 Å². The minimum atomic E-state index is -0.461. The number of nitrogens with one attached hydrogen (secondary N) is 1. The van der Waals surface area contributed by atoms with Crippen LogP contribution in [-0.2, 0) is 4.79 Å². The van der Waals surface area contributed by atoms with Gasteiger partial charge in [0, 0.05) is 12.5 Å². The third-order valence-electron chi connectivity index (χ3n) is 3.21. The summed E-state index contributed by atoms with van der Waals surface area (Å²) in [6, 6.07) is 2.18. The van der Waals surface area contributed by atoms with Crippen molar-refractivity contribution in [2.24, 2.45) is 17.3 Å². The number of rotatable bonds is 3. The first-order valence-electron chi connectivity index (χ1n) is 5.65. The third kappa shape index (κ3) is 3.23. The van der Waals surface area contributed by atoms with Gasteiger partial charge in [0.05, 0.1) is 11.5 Å².